The van der Waals surface area contributed by atoms with Gasteiger partial charge in [0.05, 0.1) is 25.6 Å². The number of rotatable bonds is 8. The molecule has 0 unspecified atom stereocenters. The number of para-hydroxylation sites is 1. The summed E-state index contributed by atoms with van der Waals surface area (Å²) in [4.78, 5) is 24.4. The molecule has 0 atom stereocenters. The average Bonchev–Trinajstić information content (AvgIpc) is 3.32. The number of methoxy groups -OCH3 is 1. The van der Waals surface area contributed by atoms with E-state index in [-0.39, 0.29) is 6.54 Å². The van der Waals surface area contributed by atoms with Gasteiger partial charge >= 0.3 is 0 Å². The van der Waals surface area contributed by atoms with Gasteiger partial charge in [-0.3, -0.25) is 9.59 Å². The van der Waals surface area contributed by atoms with Crippen LogP contribution in [-0.2, 0) is 4.79 Å². The number of aromatic nitrogens is 2. The van der Waals surface area contributed by atoms with Crippen LogP contribution < -0.4 is 15.5 Å². The number of amides is 2. The van der Waals surface area contributed by atoms with Crippen LogP contribution >= 0.6 is 11.6 Å². The zero-order valence-corrected chi connectivity index (χ0v) is 19.6. The molecular weight excluding hydrogens is 466 g/mol. The smallest absolute Gasteiger partial charge is 0.259 e. The van der Waals surface area contributed by atoms with E-state index in [4.69, 9.17) is 21.4 Å². The third-order valence-corrected chi connectivity index (χ3v) is 5.25. The maximum absolute atomic E-state index is 12.2. The van der Waals surface area contributed by atoms with Gasteiger partial charge in [-0.05, 0) is 54.6 Å². The fraction of sp³-hybridized carbons (Fsp3) is 0.0769. The van der Waals surface area contributed by atoms with E-state index in [1.165, 1.54) is 12.3 Å². The van der Waals surface area contributed by atoms with Crippen LogP contribution in [0.2, 0.25) is 5.02 Å². The van der Waals surface area contributed by atoms with E-state index in [9.17, 15) is 9.59 Å². The quantitative estimate of drug-likeness (QED) is 0.289. The maximum Gasteiger partial charge on any atom is 0.259 e. The molecule has 0 saturated carbocycles. The van der Waals surface area contributed by atoms with E-state index in [0.717, 1.165) is 17.0 Å². The van der Waals surface area contributed by atoms with Gasteiger partial charge in [0.1, 0.15) is 11.4 Å². The largest absolute Gasteiger partial charge is 0.497 e. The molecule has 8 nitrogen and oxygen atoms in total. The summed E-state index contributed by atoms with van der Waals surface area (Å²) in [5, 5.41) is 11.7. The van der Waals surface area contributed by atoms with Gasteiger partial charge in [0.2, 0.25) is 0 Å². The molecule has 3 aromatic carbocycles. The Morgan fingerprint density at radius 3 is 2.54 bits per heavy atom. The number of carbonyl (C=O) groups excluding carboxylic acids is 2. The normalized spacial score (nSPS) is 10.8. The van der Waals surface area contributed by atoms with Crippen molar-refractivity contribution in [3.05, 3.63) is 101 Å². The summed E-state index contributed by atoms with van der Waals surface area (Å²) in [6.07, 6.45) is 3.34. The maximum atomic E-state index is 12.2. The Hall–Kier alpha value is -4.43. The van der Waals surface area contributed by atoms with Gasteiger partial charge in [-0.15, -0.1) is 0 Å². The monoisotopic (exact) mass is 487 g/mol. The van der Waals surface area contributed by atoms with Crippen molar-refractivity contribution in [2.45, 2.75) is 0 Å². The van der Waals surface area contributed by atoms with Gasteiger partial charge in [-0.1, -0.05) is 35.9 Å². The zero-order chi connectivity index (χ0) is 24.6. The molecule has 0 aliphatic heterocycles. The molecule has 176 valence electrons. The Kier molecular flexibility index (Phi) is 7.54. The van der Waals surface area contributed by atoms with Crippen molar-refractivity contribution < 1.29 is 14.3 Å². The molecule has 2 N–H and O–H groups in total. The number of nitrogens with zero attached hydrogens (tertiary/aromatic N) is 3. The Morgan fingerprint density at radius 2 is 1.83 bits per heavy atom. The fourth-order valence-corrected chi connectivity index (χ4v) is 3.46. The van der Waals surface area contributed by atoms with Crippen molar-refractivity contribution in [3.63, 3.8) is 0 Å². The van der Waals surface area contributed by atoms with Crippen LogP contribution in [0, 0.1) is 0 Å². The zero-order valence-electron chi connectivity index (χ0n) is 18.8. The first-order valence-corrected chi connectivity index (χ1v) is 11.1. The van der Waals surface area contributed by atoms with Crippen LogP contribution in [0.25, 0.3) is 16.9 Å². The summed E-state index contributed by atoms with van der Waals surface area (Å²) in [7, 11) is 1.61. The van der Waals surface area contributed by atoms with Crippen LogP contribution in [0.5, 0.6) is 5.75 Å². The molecule has 0 aliphatic carbocycles. The highest BCUT2D eigenvalue weighted by Crippen LogP contribution is 2.25. The Balaban J connectivity index is 1.46. The van der Waals surface area contributed by atoms with Gasteiger partial charge in [0.25, 0.3) is 11.8 Å². The molecule has 4 aromatic rings. The number of hydrazone groups is 1. The number of ether oxygens (including phenoxy) is 1. The molecule has 35 heavy (non-hydrogen) atoms. The summed E-state index contributed by atoms with van der Waals surface area (Å²) in [5.74, 6) is -0.144. The van der Waals surface area contributed by atoms with Crippen LogP contribution in [0.15, 0.2) is 90.2 Å². The fourth-order valence-electron chi connectivity index (χ4n) is 3.27. The lowest BCUT2D eigenvalue weighted by molar-refractivity contribution is -0.120. The summed E-state index contributed by atoms with van der Waals surface area (Å²) in [5.41, 5.74) is 5.92. The predicted octanol–water partition coefficient (Wildman–Crippen LogP) is 4.08. The highest BCUT2D eigenvalue weighted by atomic mass is 35.5. The third-order valence-electron chi connectivity index (χ3n) is 5.02. The number of nitrogens with one attached hydrogen (secondary N) is 2. The summed E-state index contributed by atoms with van der Waals surface area (Å²) >= 11 is 5.90. The van der Waals surface area contributed by atoms with Crippen LogP contribution in [-0.4, -0.2) is 41.5 Å². The first-order chi connectivity index (χ1) is 17.0. The second-order valence-corrected chi connectivity index (χ2v) is 7.86. The van der Waals surface area contributed by atoms with Crippen LogP contribution in [0.4, 0.5) is 0 Å². The van der Waals surface area contributed by atoms with Gasteiger partial charge in [0.15, 0.2) is 0 Å². The molecule has 0 bridgehead atoms. The van der Waals surface area contributed by atoms with Gasteiger partial charge in [-0.2, -0.15) is 10.2 Å². The van der Waals surface area contributed by atoms with Crippen LogP contribution in [0.1, 0.15) is 15.9 Å². The van der Waals surface area contributed by atoms with Gasteiger partial charge < -0.3 is 10.1 Å². The van der Waals surface area contributed by atoms with Crippen molar-refractivity contribution in [1.29, 1.82) is 0 Å². The SMILES string of the molecule is COc1ccc(-c2nn(-c3ccccc3)cc2/C=N/NC(=O)CNC(=O)c2cccc(Cl)c2)cc1. The molecule has 2 amide bonds. The number of hydrogen-bond donors (Lipinski definition) is 2. The number of hydrogen-bond acceptors (Lipinski definition) is 5. The third kappa shape index (κ3) is 6.13. The molecule has 0 spiro atoms. The highest BCUT2D eigenvalue weighted by Gasteiger charge is 2.12. The van der Waals surface area contributed by atoms with E-state index in [0.29, 0.717) is 21.8 Å². The molecular formula is C26H22ClN5O3. The van der Waals surface area contributed by atoms with Crippen molar-refractivity contribution in [2.24, 2.45) is 5.10 Å². The lowest BCUT2D eigenvalue weighted by atomic mass is 10.1. The first kappa shape index (κ1) is 23.7. The summed E-state index contributed by atoms with van der Waals surface area (Å²) in [6.45, 7) is -0.239. The lowest BCUT2D eigenvalue weighted by Gasteiger charge is -2.04. The molecule has 9 heteroatoms. The summed E-state index contributed by atoms with van der Waals surface area (Å²) in [6, 6.07) is 23.6. The van der Waals surface area contributed by atoms with E-state index in [2.05, 4.69) is 15.8 Å². The minimum atomic E-state index is -0.474. The molecule has 0 radical (unpaired) electrons. The van der Waals surface area contributed by atoms with Gasteiger partial charge in [-0.25, -0.2) is 10.1 Å². The molecule has 4 rings (SSSR count). The standard InChI is InChI=1S/C26H22ClN5O3/c1-35-23-12-10-18(11-13-23)25-20(17-32(31-25)22-8-3-2-4-9-22)15-29-30-24(33)16-28-26(34)19-6-5-7-21(27)14-19/h2-15,17H,16H2,1H3,(H,28,34)(H,30,33)/b29-15+. The summed E-state index contributed by atoms with van der Waals surface area (Å²) < 4.78 is 6.98. The number of carbonyl (C=O) groups is 2. The van der Waals surface area contributed by atoms with Gasteiger partial charge in [0, 0.05) is 27.9 Å². The van der Waals surface area contributed by atoms with Crippen molar-refractivity contribution in [3.8, 4) is 22.7 Å². The Labute approximate surface area is 207 Å². The molecule has 1 heterocycles. The van der Waals surface area contributed by atoms with Crippen LogP contribution in [0.3, 0.4) is 0 Å². The Morgan fingerprint density at radius 1 is 1.06 bits per heavy atom. The minimum absolute atomic E-state index is 0.239. The van der Waals surface area contributed by atoms with E-state index in [1.807, 2.05) is 60.8 Å². The molecule has 0 aliphatic rings. The van der Waals surface area contributed by atoms with E-state index in [1.54, 1.807) is 30.0 Å². The molecule has 1 aromatic heterocycles. The lowest BCUT2D eigenvalue weighted by Crippen LogP contribution is -2.34. The second-order valence-electron chi connectivity index (χ2n) is 7.43. The Bertz CT molecular complexity index is 1350. The highest BCUT2D eigenvalue weighted by molar-refractivity contribution is 6.31. The van der Waals surface area contributed by atoms with Crippen molar-refractivity contribution >= 4 is 29.6 Å². The topological polar surface area (TPSA) is 97.6 Å². The predicted molar refractivity (Wildman–Crippen MR) is 135 cm³/mol. The minimum Gasteiger partial charge on any atom is -0.497 e. The number of halogens is 1. The molecule has 0 saturated heterocycles. The second kappa shape index (κ2) is 11.1. The first-order valence-electron chi connectivity index (χ1n) is 10.7. The number of benzene rings is 3. The van der Waals surface area contributed by atoms with Crippen molar-refractivity contribution in [2.75, 3.05) is 13.7 Å². The average molecular weight is 488 g/mol. The van der Waals surface area contributed by atoms with E-state index < -0.39 is 11.8 Å². The molecule has 0 fully saturated rings. The van der Waals surface area contributed by atoms with Crippen molar-refractivity contribution in [1.82, 2.24) is 20.5 Å². The van der Waals surface area contributed by atoms with E-state index >= 15 is 0 Å².